The van der Waals surface area contributed by atoms with Crippen LogP contribution in [0.25, 0.3) is 10.9 Å². The van der Waals surface area contributed by atoms with Crippen molar-refractivity contribution in [1.82, 2.24) is 4.57 Å². The van der Waals surface area contributed by atoms with Gasteiger partial charge in [-0.05, 0) is 71.5 Å². The van der Waals surface area contributed by atoms with Crippen molar-refractivity contribution in [3.8, 4) is 0 Å². The number of nitrogens with zero attached hydrogens (tertiary/aromatic N) is 1. The fourth-order valence-electron chi connectivity index (χ4n) is 5.60. The summed E-state index contributed by atoms with van der Waals surface area (Å²) in [6.45, 7) is 2.75. The number of halogens is 1. The second-order valence-electron chi connectivity index (χ2n) is 9.76. The first kappa shape index (κ1) is 25.8. The summed E-state index contributed by atoms with van der Waals surface area (Å²) >= 11 is 6.57. The molecule has 4 aromatic carbocycles. The molecular weight excluding hydrogens is 492 g/mol. The van der Waals surface area contributed by atoms with E-state index in [0.29, 0.717) is 17.1 Å². The summed E-state index contributed by atoms with van der Waals surface area (Å²) in [4.78, 5) is 11.3. The van der Waals surface area contributed by atoms with Gasteiger partial charge >= 0.3 is 5.97 Å². The van der Waals surface area contributed by atoms with Crippen LogP contribution >= 0.6 is 11.6 Å². The summed E-state index contributed by atoms with van der Waals surface area (Å²) < 4.78 is 2.45. The molecule has 38 heavy (non-hydrogen) atoms. The minimum absolute atomic E-state index is 0.0292. The number of carboxylic acid groups (broad SMARTS) is 1. The lowest BCUT2D eigenvalue weighted by atomic mass is 9.90. The van der Waals surface area contributed by atoms with Gasteiger partial charge in [0.05, 0.1) is 11.6 Å². The predicted molar refractivity (Wildman–Crippen MR) is 155 cm³/mol. The highest BCUT2D eigenvalue weighted by atomic mass is 35.5. The highest BCUT2D eigenvalue weighted by Gasteiger charge is 2.27. The molecule has 3 N–H and O–H groups in total. The van der Waals surface area contributed by atoms with Crippen LogP contribution < -0.4 is 5.73 Å². The summed E-state index contributed by atoms with van der Waals surface area (Å²) in [6.07, 6.45) is 1.49. The summed E-state index contributed by atoms with van der Waals surface area (Å²) in [5.74, 6) is -0.762. The quantitative estimate of drug-likeness (QED) is 0.211. The molecule has 0 bridgehead atoms. The second-order valence-corrected chi connectivity index (χ2v) is 10.2. The molecule has 5 aromatic rings. The Bertz CT molecular complexity index is 1500. The van der Waals surface area contributed by atoms with Crippen LogP contribution in [0.15, 0.2) is 103 Å². The topological polar surface area (TPSA) is 68.2 Å². The second kappa shape index (κ2) is 11.3. The zero-order chi connectivity index (χ0) is 26.6. The van der Waals surface area contributed by atoms with Crippen molar-refractivity contribution in [2.75, 3.05) is 6.54 Å². The van der Waals surface area contributed by atoms with Gasteiger partial charge in [-0.15, -0.1) is 0 Å². The molecule has 0 saturated carbocycles. The van der Waals surface area contributed by atoms with Crippen LogP contribution in [0.4, 0.5) is 0 Å². The van der Waals surface area contributed by atoms with E-state index >= 15 is 0 Å². The van der Waals surface area contributed by atoms with Gasteiger partial charge in [-0.2, -0.15) is 0 Å². The summed E-state index contributed by atoms with van der Waals surface area (Å²) in [6, 6.07) is 34.4. The molecule has 0 aliphatic rings. The molecule has 4 nitrogen and oxygen atoms in total. The van der Waals surface area contributed by atoms with Crippen LogP contribution in [-0.2, 0) is 12.8 Å². The molecule has 0 aliphatic carbocycles. The van der Waals surface area contributed by atoms with Gasteiger partial charge in [0, 0.05) is 28.0 Å². The lowest BCUT2D eigenvalue weighted by Crippen LogP contribution is -2.18. The predicted octanol–water partition coefficient (Wildman–Crippen LogP) is 7.48. The zero-order valence-corrected chi connectivity index (χ0v) is 22.1. The maximum absolute atomic E-state index is 11.3. The zero-order valence-electron chi connectivity index (χ0n) is 21.3. The van der Waals surface area contributed by atoms with Crippen molar-refractivity contribution in [3.05, 3.63) is 142 Å². The fourth-order valence-corrected chi connectivity index (χ4v) is 5.77. The molecule has 1 unspecified atom stereocenters. The smallest absolute Gasteiger partial charge is 0.335 e. The number of hydrogen-bond donors (Lipinski definition) is 2. The normalized spacial score (nSPS) is 12.2. The van der Waals surface area contributed by atoms with Gasteiger partial charge in [0.15, 0.2) is 0 Å². The van der Waals surface area contributed by atoms with Crippen molar-refractivity contribution in [2.45, 2.75) is 31.7 Å². The first-order valence-electron chi connectivity index (χ1n) is 12.9. The van der Waals surface area contributed by atoms with Crippen molar-refractivity contribution in [3.63, 3.8) is 0 Å². The van der Waals surface area contributed by atoms with E-state index < -0.39 is 5.97 Å². The largest absolute Gasteiger partial charge is 0.478 e. The molecule has 0 radical (unpaired) electrons. The Labute approximate surface area is 228 Å². The van der Waals surface area contributed by atoms with E-state index in [1.807, 2.05) is 30.3 Å². The average molecular weight is 523 g/mol. The maximum atomic E-state index is 11.3. The van der Waals surface area contributed by atoms with Gasteiger partial charge < -0.3 is 15.4 Å². The van der Waals surface area contributed by atoms with E-state index in [0.717, 1.165) is 29.3 Å². The number of rotatable bonds is 9. The number of fused-ring (bicyclic) bond motifs is 1. The van der Waals surface area contributed by atoms with E-state index in [4.69, 9.17) is 17.3 Å². The monoisotopic (exact) mass is 522 g/mol. The van der Waals surface area contributed by atoms with Gasteiger partial charge in [-0.25, -0.2) is 4.79 Å². The molecule has 0 fully saturated rings. The van der Waals surface area contributed by atoms with Crippen LogP contribution in [0.1, 0.15) is 57.2 Å². The molecule has 5 heteroatoms. The summed E-state index contributed by atoms with van der Waals surface area (Å²) in [7, 11) is 0. The standard InChI is InChI=1S/C33H31ClN2O2/c1-22(20-23-12-14-26(15-13-23)33(37)38)31-28-21-27(34)16-17-29(28)36(30(31)18-19-35)32(24-8-4-2-5-9-24)25-10-6-3-7-11-25/h2-17,21-22,32H,18-20,35H2,1H3,(H,37,38). The number of hydrogen-bond acceptors (Lipinski definition) is 2. The van der Waals surface area contributed by atoms with E-state index in [9.17, 15) is 9.90 Å². The molecule has 0 spiro atoms. The molecule has 5 rings (SSSR count). The Balaban J connectivity index is 1.71. The van der Waals surface area contributed by atoms with Gasteiger partial charge in [-0.1, -0.05) is 91.3 Å². The third-order valence-electron chi connectivity index (χ3n) is 7.22. The minimum atomic E-state index is -0.916. The van der Waals surface area contributed by atoms with Crippen molar-refractivity contribution in [2.24, 2.45) is 5.73 Å². The Morgan fingerprint density at radius 1 is 0.895 bits per heavy atom. The highest BCUT2D eigenvalue weighted by Crippen LogP contribution is 2.41. The first-order chi connectivity index (χ1) is 18.5. The fraction of sp³-hybridized carbons (Fsp3) is 0.182. The minimum Gasteiger partial charge on any atom is -0.478 e. The molecular formula is C33H31ClN2O2. The summed E-state index contributed by atoms with van der Waals surface area (Å²) in [5.41, 5.74) is 13.6. The highest BCUT2D eigenvalue weighted by molar-refractivity contribution is 6.31. The molecule has 0 aliphatic heterocycles. The van der Waals surface area contributed by atoms with Gasteiger partial charge in [-0.3, -0.25) is 0 Å². The van der Waals surface area contributed by atoms with E-state index in [-0.39, 0.29) is 12.0 Å². The third kappa shape index (κ3) is 5.10. The number of aromatic carboxylic acids is 1. The SMILES string of the molecule is CC(Cc1ccc(C(=O)O)cc1)c1c(CCN)n(C(c2ccccc2)c2ccccc2)c2ccc(Cl)cc12. The van der Waals surface area contributed by atoms with E-state index in [1.165, 1.54) is 22.4 Å². The number of carboxylic acids is 1. The van der Waals surface area contributed by atoms with E-state index in [2.05, 4.69) is 72.2 Å². The number of carbonyl (C=O) groups is 1. The molecule has 1 atom stereocenters. The van der Waals surface area contributed by atoms with Gasteiger partial charge in [0.2, 0.25) is 0 Å². The summed E-state index contributed by atoms with van der Waals surface area (Å²) in [5, 5.41) is 11.1. The first-order valence-corrected chi connectivity index (χ1v) is 13.3. The molecule has 1 heterocycles. The average Bonchev–Trinajstić information content (AvgIpc) is 3.23. The van der Waals surface area contributed by atoms with Crippen molar-refractivity contribution >= 4 is 28.5 Å². The molecule has 0 saturated heterocycles. The molecule has 192 valence electrons. The lowest BCUT2D eigenvalue weighted by molar-refractivity contribution is 0.0697. The van der Waals surface area contributed by atoms with Gasteiger partial charge in [0.25, 0.3) is 0 Å². The van der Waals surface area contributed by atoms with Crippen molar-refractivity contribution in [1.29, 1.82) is 0 Å². The van der Waals surface area contributed by atoms with Crippen LogP contribution in [-0.4, -0.2) is 22.2 Å². The van der Waals surface area contributed by atoms with Crippen LogP contribution in [0.2, 0.25) is 5.02 Å². The lowest BCUT2D eigenvalue weighted by Gasteiger charge is -2.25. The number of aromatic nitrogens is 1. The van der Waals surface area contributed by atoms with Gasteiger partial charge in [0.1, 0.15) is 0 Å². The Kier molecular flexibility index (Phi) is 7.64. The Morgan fingerprint density at radius 3 is 2.05 bits per heavy atom. The Morgan fingerprint density at radius 2 is 1.50 bits per heavy atom. The van der Waals surface area contributed by atoms with Crippen LogP contribution in [0.5, 0.6) is 0 Å². The Hall–Kier alpha value is -3.86. The van der Waals surface area contributed by atoms with Crippen LogP contribution in [0.3, 0.4) is 0 Å². The van der Waals surface area contributed by atoms with Crippen LogP contribution in [0, 0.1) is 0 Å². The molecule has 1 aromatic heterocycles. The maximum Gasteiger partial charge on any atom is 0.335 e. The van der Waals surface area contributed by atoms with Crippen molar-refractivity contribution < 1.29 is 9.90 Å². The van der Waals surface area contributed by atoms with E-state index in [1.54, 1.807) is 12.1 Å². The third-order valence-corrected chi connectivity index (χ3v) is 7.45. The molecule has 0 amide bonds. The number of nitrogens with two attached hydrogens (primary N) is 1. The number of benzene rings is 4.